The number of piperidine rings is 1. The normalized spacial score (nSPS) is 13.7. The molecule has 0 amide bonds. The van der Waals surface area contributed by atoms with Crippen LogP contribution in [0.2, 0.25) is 0 Å². The minimum absolute atomic E-state index is 0.283. The fourth-order valence-electron chi connectivity index (χ4n) is 4.43. The standard InChI is InChI=1S/C28H25N9O2/c29-13-20-3-2-6-23(12-20)39-25-16-33-27-28(34-25)37(36-35-27)17-21-4-1-5-22(11-21)26-31-14-24(15-32-26)38-18-19-7-9-30-10-8-19/h1-6,11-12,14-16,19,30H,7-10,17-18H2. The van der Waals surface area contributed by atoms with E-state index in [1.54, 1.807) is 41.3 Å². The first kappa shape index (κ1) is 24.4. The highest BCUT2D eigenvalue weighted by Gasteiger charge is 2.14. The SMILES string of the molecule is N#Cc1cccc(Oc2cnc3nnn(Cc4cccc(-c5ncc(OCC6CCNCC6)cn5)c4)c3n2)c1. The first-order chi connectivity index (χ1) is 19.2. The summed E-state index contributed by atoms with van der Waals surface area (Å²) in [5.74, 6) is 2.64. The van der Waals surface area contributed by atoms with Crippen LogP contribution in [-0.4, -0.2) is 54.6 Å². The van der Waals surface area contributed by atoms with E-state index in [-0.39, 0.29) is 5.88 Å². The van der Waals surface area contributed by atoms with Crippen molar-refractivity contribution in [3.8, 4) is 34.8 Å². The van der Waals surface area contributed by atoms with Gasteiger partial charge < -0.3 is 14.8 Å². The Morgan fingerprint density at radius 3 is 2.67 bits per heavy atom. The van der Waals surface area contributed by atoms with Crippen molar-refractivity contribution >= 4 is 11.3 Å². The first-order valence-corrected chi connectivity index (χ1v) is 12.7. The lowest BCUT2D eigenvalue weighted by atomic mass is 9.99. The molecule has 0 spiro atoms. The van der Waals surface area contributed by atoms with Crippen LogP contribution in [0.15, 0.2) is 67.1 Å². The topological polar surface area (TPSA) is 137 Å². The molecule has 2 aromatic carbocycles. The molecule has 39 heavy (non-hydrogen) atoms. The third-order valence-corrected chi connectivity index (χ3v) is 6.48. The summed E-state index contributed by atoms with van der Waals surface area (Å²) in [7, 11) is 0. The van der Waals surface area contributed by atoms with Gasteiger partial charge in [0, 0.05) is 5.56 Å². The minimum atomic E-state index is 0.283. The van der Waals surface area contributed by atoms with Gasteiger partial charge in [-0.1, -0.05) is 29.5 Å². The van der Waals surface area contributed by atoms with Crippen molar-refractivity contribution in [1.82, 2.24) is 40.2 Å². The molecule has 0 radical (unpaired) electrons. The summed E-state index contributed by atoms with van der Waals surface area (Å²) in [6, 6.07) is 16.9. The van der Waals surface area contributed by atoms with Crippen molar-refractivity contribution in [2.45, 2.75) is 19.4 Å². The molecule has 0 saturated carbocycles. The maximum Gasteiger partial charge on any atom is 0.240 e. The largest absolute Gasteiger partial charge is 0.490 e. The van der Waals surface area contributed by atoms with Crippen LogP contribution in [0.25, 0.3) is 22.7 Å². The molecule has 6 rings (SSSR count). The van der Waals surface area contributed by atoms with Crippen LogP contribution in [0.5, 0.6) is 17.4 Å². The predicted molar refractivity (Wildman–Crippen MR) is 142 cm³/mol. The van der Waals surface area contributed by atoms with Gasteiger partial charge in [0.1, 0.15) is 5.75 Å². The van der Waals surface area contributed by atoms with E-state index in [1.807, 2.05) is 24.3 Å². The highest BCUT2D eigenvalue weighted by atomic mass is 16.5. The van der Waals surface area contributed by atoms with E-state index in [0.717, 1.165) is 37.1 Å². The second-order valence-corrected chi connectivity index (χ2v) is 9.29. The molecular weight excluding hydrogens is 494 g/mol. The summed E-state index contributed by atoms with van der Waals surface area (Å²) >= 11 is 0. The molecular formula is C28H25N9O2. The maximum atomic E-state index is 9.12. The van der Waals surface area contributed by atoms with Crippen LogP contribution in [0.4, 0.5) is 0 Å². The van der Waals surface area contributed by atoms with Crippen LogP contribution in [0, 0.1) is 17.2 Å². The lowest BCUT2D eigenvalue weighted by Crippen LogP contribution is -2.30. The molecule has 1 aliphatic heterocycles. The van der Waals surface area contributed by atoms with E-state index in [4.69, 9.17) is 14.7 Å². The molecule has 4 heterocycles. The van der Waals surface area contributed by atoms with Crippen molar-refractivity contribution in [3.05, 3.63) is 78.2 Å². The Morgan fingerprint density at radius 1 is 0.974 bits per heavy atom. The van der Waals surface area contributed by atoms with E-state index in [0.29, 0.717) is 53.3 Å². The molecule has 0 unspecified atom stereocenters. The van der Waals surface area contributed by atoms with E-state index in [9.17, 15) is 0 Å². The highest BCUT2D eigenvalue weighted by Crippen LogP contribution is 2.23. The first-order valence-electron chi connectivity index (χ1n) is 12.7. The molecule has 1 saturated heterocycles. The molecule has 3 aromatic heterocycles. The molecule has 11 heteroatoms. The van der Waals surface area contributed by atoms with E-state index in [2.05, 4.69) is 41.6 Å². The third kappa shape index (κ3) is 5.81. The molecule has 0 aliphatic carbocycles. The fourth-order valence-corrected chi connectivity index (χ4v) is 4.43. The lowest BCUT2D eigenvalue weighted by molar-refractivity contribution is 0.214. The maximum absolute atomic E-state index is 9.12. The molecule has 5 aromatic rings. The Labute approximate surface area is 224 Å². The Hall–Kier alpha value is -4.95. The summed E-state index contributed by atoms with van der Waals surface area (Å²) in [6.45, 7) is 3.20. The van der Waals surface area contributed by atoms with E-state index >= 15 is 0 Å². The van der Waals surface area contributed by atoms with Crippen molar-refractivity contribution in [3.63, 3.8) is 0 Å². The Balaban J connectivity index is 1.15. The van der Waals surface area contributed by atoms with Gasteiger partial charge in [-0.05, 0) is 61.7 Å². The van der Waals surface area contributed by atoms with Gasteiger partial charge in [-0.3, -0.25) is 0 Å². The molecule has 1 N–H and O–H groups in total. The number of rotatable bonds is 8. The van der Waals surface area contributed by atoms with Gasteiger partial charge in [-0.2, -0.15) is 10.2 Å². The number of nitrogens with one attached hydrogen (secondary N) is 1. The highest BCUT2D eigenvalue weighted by molar-refractivity contribution is 5.65. The summed E-state index contributed by atoms with van der Waals surface area (Å²) in [6.07, 6.45) is 7.19. The Kier molecular flexibility index (Phi) is 7.01. The van der Waals surface area contributed by atoms with Gasteiger partial charge in [0.2, 0.25) is 17.2 Å². The van der Waals surface area contributed by atoms with Crippen molar-refractivity contribution in [1.29, 1.82) is 5.26 Å². The average molecular weight is 520 g/mol. The summed E-state index contributed by atoms with van der Waals surface area (Å²) in [5.41, 5.74) is 3.25. The molecule has 194 valence electrons. The molecule has 1 fully saturated rings. The quantitative estimate of drug-likeness (QED) is 0.322. The number of hydrogen-bond donors (Lipinski definition) is 1. The number of aromatic nitrogens is 7. The Bertz CT molecular complexity index is 1620. The zero-order valence-electron chi connectivity index (χ0n) is 21.1. The predicted octanol–water partition coefficient (Wildman–Crippen LogP) is 3.77. The van der Waals surface area contributed by atoms with Crippen LogP contribution in [-0.2, 0) is 6.54 Å². The van der Waals surface area contributed by atoms with Gasteiger partial charge >= 0.3 is 0 Å². The zero-order valence-corrected chi connectivity index (χ0v) is 21.1. The second kappa shape index (κ2) is 11.2. The van der Waals surface area contributed by atoms with Gasteiger partial charge in [0.25, 0.3) is 0 Å². The number of hydrogen-bond acceptors (Lipinski definition) is 10. The molecule has 0 bridgehead atoms. The number of fused-ring (bicyclic) bond motifs is 1. The van der Waals surface area contributed by atoms with Crippen LogP contribution in [0.1, 0.15) is 24.0 Å². The monoisotopic (exact) mass is 519 g/mol. The van der Waals surface area contributed by atoms with Gasteiger partial charge in [0.05, 0.1) is 43.4 Å². The number of benzene rings is 2. The molecule has 11 nitrogen and oxygen atoms in total. The molecule has 0 atom stereocenters. The van der Waals surface area contributed by atoms with Gasteiger partial charge in [0.15, 0.2) is 11.6 Å². The second-order valence-electron chi connectivity index (χ2n) is 9.29. The van der Waals surface area contributed by atoms with Crippen molar-refractivity contribution in [2.75, 3.05) is 19.7 Å². The summed E-state index contributed by atoms with van der Waals surface area (Å²) < 4.78 is 13.4. The van der Waals surface area contributed by atoms with Crippen molar-refractivity contribution < 1.29 is 9.47 Å². The number of ether oxygens (including phenoxy) is 2. The summed E-state index contributed by atoms with van der Waals surface area (Å²) in [4.78, 5) is 17.9. The van der Waals surface area contributed by atoms with E-state index < -0.39 is 0 Å². The van der Waals surface area contributed by atoms with Crippen molar-refractivity contribution in [2.24, 2.45) is 5.92 Å². The van der Waals surface area contributed by atoms with Gasteiger partial charge in [-0.15, -0.1) is 5.10 Å². The van der Waals surface area contributed by atoms with Crippen LogP contribution in [0.3, 0.4) is 0 Å². The van der Waals surface area contributed by atoms with Gasteiger partial charge in [-0.25, -0.2) is 19.6 Å². The number of nitrogens with zero attached hydrogens (tertiary/aromatic N) is 8. The van der Waals surface area contributed by atoms with E-state index in [1.165, 1.54) is 6.20 Å². The smallest absolute Gasteiger partial charge is 0.240 e. The zero-order chi connectivity index (χ0) is 26.4. The lowest BCUT2D eigenvalue weighted by Gasteiger charge is -2.22. The Morgan fingerprint density at radius 2 is 1.82 bits per heavy atom. The third-order valence-electron chi connectivity index (χ3n) is 6.48. The summed E-state index contributed by atoms with van der Waals surface area (Å²) in [5, 5.41) is 20.9. The average Bonchev–Trinajstić information content (AvgIpc) is 3.39. The fraction of sp³-hybridized carbons (Fsp3) is 0.250. The van der Waals surface area contributed by atoms with Crippen LogP contribution < -0.4 is 14.8 Å². The van der Waals surface area contributed by atoms with Crippen LogP contribution >= 0.6 is 0 Å². The number of nitriles is 1. The molecule has 1 aliphatic rings. The minimum Gasteiger partial charge on any atom is -0.490 e.